The van der Waals surface area contributed by atoms with Crippen molar-refractivity contribution in [2.24, 2.45) is 4.99 Å². The lowest BCUT2D eigenvalue weighted by Gasteiger charge is -2.21. The highest BCUT2D eigenvalue weighted by molar-refractivity contribution is 5.80. The number of rotatable bonds is 6. The second-order valence-corrected chi connectivity index (χ2v) is 6.47. The molecule has 2 rings (SSSR count). The van der Waals surface area contributed by atoms with E-state index in [0.29, 0.717) is 18.1 Å². The van der Waals surface area contributed by atoms with Gasteiger partial charge in [0.25, 0.3) is 0 Å². The van der Waals surface area contributed by atoms with Gasteiger partial charge in [-0.05, 0) is 42.7 Å². The Morgan fingerprint density at radius 2 is 1.92 bits per heavy atom. The molecule has 2 aromatic rings. The summed E-state index contributed by atoms with van der Waals surface area (Å²) >= 11 is 0. The Labute approximate surface area is 155 Å². The SMILES string of the molecule is CN=C(NCC(C)c1ccccc1OC)NC(C)c1ccc(C)c(F)c1. The molecular weight excluding hydrogens is 329 g/mol. The van der Waals surface area contributed by atoms with Gasteiger partial charge in [0.15, 0.2) is 5.96 Å². The molecule has 0 radical (unpaired) electrons. The van der Waals surface area contributed by atoms with Crippen LogP contribution < -0.4 is 15.4 Å². The molecule has 0 saturated heterocycles. The van der Waals surface area contributed by atoms with Crippen molar-refractivity contribution in [2.75, 3.05) is 20.7 Å². The minimum atomic E-state index is -0.191. The molecule has 140 valence electrons. The lowest BCUT2D eigenvalue weighted by atomic mass is 10.00. The maximum Gasteiger partial charge on any atom is 0.191 e. The summed E-state index contributed by atoms with van der Waals surface area (Å²) in [6.45, 7) is 6.59. The molecule has 2 N–H and O–H groups in total. The van der Waals surface area contributed by atoms with Crippen molar-refractivity contribution in [3.8, 4) is 5.75 Å². The summed E-state index contributed by atoms with van der Waals surface area (Å²) in [5.74, 6) is 1.62. The van der Waals surface area contributed by atoms with Crippen LogP contribution in [0.15, 0.2) is 47.5 Å². The third-order valence-corrected chi connectivity index (χ3v) is 4.52. The number of guanidine groups is 1. The van der Waals surface area contributed by atoms with Crippen molar-refractivity contribution in [1.82, 2.24) is 10.6 Å². The van der Waals surface area contributed by atoms with Gasteiger partial charge in [-0.15, -0.1) is 0 Å². The Kier molecular flexibility index (Phi) is 7.01. The van der Waals surface area contributed by atoms with E-state index in [9.17, 15) is 4.39 Å². The summed E-state index contributed by atoms with van der Waals surface area (Å²) in [6, 6.07) is 13.2. The maximum atomic E-state index is 13.8. The average molecular weight is 357 g/mol. The summed E-state index contributed by atoms with van der Waals surface area (Å²) in [5.41, 5.74) is 2.68. The molecule has 4 nitrogen and oxygen atoms in total. The first-order valence-corrected chi connectivity index (χ1v) is 8.82. The van der Waals surface area contributed by atoms with Gasteiger partial charge in [0, 0.05) is 19.5 Å². The fourth-order valence-corrected chi connectivity index (χ4v) is 2.79. The molecule has 0 aromatic heterocycles. The highest BCUT2D eigenvalue weighted by atomic mass is 19.1. The van der Waals surface area contributed by atoms with E-state index in [1.54, 1.807) is 33.2 Å². The molecule has 2 aromatic carbocycles. The van der Waals surface area contributed by atoms with Crippen LogP contribution in [0.2, 0.25) is 0 Å². The van der Waals surface area contributed by atoms with Crippen molar-refractivity contribution in [3.05, 3.63) is 65.0 Å². The summed E-state index contributed by atoms with van der Waals surface area (Å²) < 4.78 is 19.2. The molecule has 5 heteroatoms. The second-order valence-electron chi connectivity index (χ2n) is 6.47. The van der Waals surface area contributed by atoms with Crippen LogP contribution >= 0.6 is 0 Å². The molecule has 0 aliphatic carbocycles. The molecule has 0 bridgehead atoms. The minimum absolute atomic E-state index is 0.0575. The van der Waals surface area contributed by atoms with Gasteiger partial charge >= 0.3 is 0 Å². The predicted octanol–water partition coefficient (Wildman–Crippen LogP) is 4.17. The van der Waals surface area contributed by atoms with E-state index < -0.39 is 0 Å². The van der Waals surface area contributed by atoms with Crippen molar-refractivity contribution < 1.29 is 9.13 Å². The number of para-hydroxylation sites is 1. The fourth-order valence-electron chi connectivity index (χ4n) is 2.79. The summed E-state index contributed by atoms with van der Waals surface area (Å²) in [7, 11) is 3.41. The number of hydrogen-bond donors (Lipinski definition) is 2. The number of aliphatic imine (C=N–C) groups is 1. The van der Waals surface area contributed by atoms with Crippen LogP contribution in [0.5, 0.6) is 5.75 Å². The third kappa shape index (κ3) is 4.97. The van der Waals surface area contributed by atoms with Crippen molar-refractivity contribution in [2.45, 2.75) is 32.7 Å². The lowest BCUT2D eigenvalue weighted by Crippen LogP contribution is -2.40. The molecule has 0 fully saturated rings. The Morgan fingerprint density at radius 3 is 2.58 bits per heavy atom. The zero-order valence-corrected chi connectivity index (χ0v) is 16.1. The van der Waals surface area contributed by atoms with Crippen LogP contribution in [0.25, 0.3) is 0 Å². The first kappa shape index (κ1) is 19.8. The van der Waals surface area contributed by atoms with Crippen LogP contribution in [0.3, 0.4) is 0 Å². The van der Waals surface area contributed by atoms with Gasteiger partial charge in [0.2, 0.25) is 0 Å². The Hall–Kier alpha value is -2.56. The van der Waals surface area contributed by atoms with E-state index in [1.807, 2.05) is 31.2 Å². The quantitative estimate of drug-likeness (QED) is 0.602. The molecule has 0 aliphatic rings. The van der Waals surface area contributed by atoms with E-state index >= 15 is 0 Å². The van der Waals surface area contributed by atoms with Gasteiger partial charge < -0.3 is 15.4 Å². The smallest absolute Gasteiger partial charge is 0.191 e. The normalized spacial score (nSPS) is 13.8. The van der Waals surface area contributed by atoms with Gasteiger partial charge in [-0.25, -0.2) is 4.39 Å². The first-order chi connectivity index (χ1) is 12.5. The fraction of sp³-hybridized carbons (Fsp3) is 0.381. The molecule has 0 heterocycles. The van der Waals surface area contributed by atoms with E-state index in [4.69, 9.17) is 4.74 Å². The Morgan fingerprint density at radius 1 is 1.19 bits per heavy atom. The van der Waals surface area contributed by atoms with Crippen LogP contribution in [0, 0.1) is 12.7 Å². The van der Waals surface area contributed by atoms with Crippen molar-refractivity contribution in [3.63, 3.8) is 0 Å². The van der Waals surface area contributed by atoms with Gasteiger partial charge in [-0.1, -0.05) is 37.3 Å². The van der Waals surface area contributed by atoms with Crippen molar-refractivity contribution in [1.29, 1.82) is 0 Å². The monoisotopic (exact) mass is 357 g/mol. The predicted molar refractivity (Wildman–Crippen MR) is 105 cm³/mol. The van der Waals surface area contributed by atoms with Gasteiger partial charge in [-0.3, -0.25) is 4.99 Å². The van der Waals surface area contributed by atoms with E-state index in [-0.39, 0.29) is 17.8 Å². The van der Waals surface area contributed by atoms with E-state index in [1.165, 1.54) is 0 Å². The zero-order chi connectivity index (χ0) is 19.1. The zero-order valence-electron chi connectivity index (χ0n) is 16.1. The lowest BCUT2D eigenvalue weighted by molar-refractivity contribution is 0.406. The number of ether oxygens (including phenoxy) is 1. The highest BCUT2D eigenvalue weighted by Crippen LogP contribution is 2.25. The Balaban J connectivity index is 1.97. The number of nitrogens with one attached hydrogen (secondary N) is 2. The number of methoxy groups -OCH3 is 1. The summed E-state index contributed by atoms with van der Waals surface area (Å²) in [5, 5.41) is 6.64. The Bertz CT molecular complexity index is 761. The molecule has 0 saturated carbocycles. The van der Waals surface area contributed by atoms with E-state index in [0.717, 1.165) is 16.9 Å². The summed E-state index contributed by atoms with van der Waals surface area (Å²) in [4.78, 5) is 4.27. The van der Waals surface area contributed by atoms with Crippen LogP contribution in [0.4, 0.5) is 4.39 Å². The van der Waals surface area contributed by atoms with Crippen LogP contribution in [-0.2, 0) is 0 Å². The largest absolute Gasteiger partial charge is 0.496 e. The molecule has 2 atom stereocenters. The van der Waals surface area contributed by atoms with Crippen molar-refractivity contribution >= 4 is 5.96 Å². The number of aryl methyl sites for hydroxylation is 1. The molecule has 26 heavy (non-hydrogen) atoms. The molecule has 0 aliphatic heterocycles. The molecular formula is C21H28FN3O. The number of benzene rings is 2. The molecule has 0 amide bonds. The molecule has 2 unspecified atom stereocenters. The van der Waals surface area contributed by atoms with E-state index in [2.05, 4.69) is 28.6 Å². The molecule has 0 spiro atoms. The first-order valence-electron chi connectivity index (χ1n) is 8.82. The topological polar surface area (TPSA) is 45.7 Å². The second kappa shape index (κ2) is 9.22. The standard InChI is InChI=1S/C21H28FN3O/c1-14-10-11-17(12-19(14)22)16(3)25-21(23-4)24-13-15(2)18-8-6-7-9-20(18)26-5/h6-12,15-16H,13H2,1-5H3,(H2,23,24,25). The maximum absolute atomic E-state index is 13.8. The number of nitrogens with zero attached hydrogens (tertiary/aromatic N) is 1. The van der Waals surface area contributed by atoms with Crippen LogP contribution in [-0.4, -0.2) is 26.7 Å². The highest BCUT2D eigenvalue weighted by Gasteiger charge is 2.13. The third-order valence-electron chi connectivity index (χ3n) is 4.52. The van der Waals surface area contributed by atoms with Gasteiger partial charge in [0.1, 0.15) is 11.6 Å². The average Bonchev–Trinajstić information content (AvgIpc) is 2.66. The van der Waals surface area contributed by atoms with Gasteiger partial charge in [0.05, 0.1) is 13.2 Å². The van der Waals surface area contributed by atoms with Crippen LogP contribution in [0.1, 0.15) is 42.5 Å². The van der Waals surface area contributed by atoms with Gasteiger partial charge in [-0.2, -0.15) is 0 Å². The number of hydrogen-bond acceptors (Lipinski definition) is 2. The minimum Gasteiger partial charge on any atom is -0.496 e. The summed E-state index contributed by atoms with van der Waals surface area (Å²) in [6.07, 6.45) is 0. The number of halogens is 1.